The number of rotatable bonds is 5. The van der Waals surface area contributed by atoms with Crippen LogP contribution in [-0.2, 0) is 13.1 Å². The molecule has 2 nitrogen and oxygen atoms in total. The summed E-state index contributed by atoms with van der Waals surface area (Å²) in [4.78, 5) is 5.49. The Kier molecular flexibility index (Phi) is 5.42. The molecular formula is C17H28N2S. The van der Waals surface area contributed by atoms with Gasteiger partial charge in [-0.2, -0.15) is 0 Å². The third-order valence-corrected chi connectivity index (χ3v) is 4.97. The van der Waals surface area contributed by atoms with Gasteiger partial charge in [0, 0.05) is 35.9 Å². The summed E-state index contributed by atoms with van der Waals surface area (Å²) < 4.78 is 0. The molecule has 2 rings (SSSR count). The van der Waals surface area contributed by atoms with Crippen molar-refractivity contribution in [1.82, 2.24) is 10.2 Å². The van der Waals surface area contributed by atoms with Crippen LogP contribution >= 0.6 is 11.3 Å². The number of hydrogen-bond acceptors (Lipinski definition) is 3. The molecular weight excluding hydrogens is 264 g/mol. The minimum atomic E-state index is 0.341. The maximum atomic E-state index is 3.39. The van der Waals surface area contributed by atoms with Crippen molar-refractivity contribution in [3.8, 4) is 0 Å². The zero-order valence-electron chi connectivity index (χ0n) is 13.3. The summed E-state index contributed by atoms with van der Waals surface area (Å²) in [6.07, 6.45) is 3.66. The lowest BCUT2D eigenvalue weighted by Crippen LogP contribution is -2.30. The SMILES string of the molecule is CCNCc1ccc(CN2CC=C(C(C)(C)C)CC2)s1. The Morgan fingerprint density at radius 1 is 1.25 bits per heavy atom. The quantitative estimate of drug-likeness (QED) is 0.824. The van der Waals surface area contributed by atoms with Gasteiger partial charge in [0.05, 0.1) is 0 Å². The van der Waals surface area contributed by atoms with E-state index >= 15 is 0 Å². The maximum Gasteiger partial charge on any atom is 0.0331 e. The van der Waals surface area contributed by atoms with Crippen molar-refractivity contribution in [2.24, 2.45) is 5.41 Å². The molecule has 0 unspecified atom stereocenters. The molecule has 1 aromatic heterocycles. The Labute approximate surface area is 127 Å². The van der Waals surface area contributed by atoms with Crippen molar-refractivity contribution in [2.75, 3.05) is 19.6 Å². The summed E-state index contributed by atoms with van der Waals surface area (Å²) >= 11 is 1.95. The predicted molar refractivity (Wildman–Crippen MR) is 89.1 cm³/mol. The molecule has 3 heteroatoms. The molecule has 0 saturated carbocycles. The lowest BCUT2D eigenvalue weighted by atomic mass is 9.83. The molecule has 0 atom stereocenters. The fraction of sp³-hybridized carbons (Fsp3) is 0.647. The highest BCUT2D eigenvalue weighted by molar-refractivity contribution is 7.11. The van der Waals surface area contributed by atoms with Gasteiger partial charge in [0.25, 0.3) is 0 Å². The van der Waals surface area contributed by atoms with Crippen molar-refractivity contribution in [2.45, 2.75) is 47.2 Å². The van der Waals surface area contributed by atoms with E-state index in [4.69, 9.17) is 0 Å². The van der Waals surface area contributed by atoms with Crippen molar-refractivity contribution >= 4 is 11.3 Å². The molecule has 0 fully saturated rings. The highest BCUT2D eigenvalue weighted by atomic mass is 32.1. The van der Waals surface area contributed by atoms with Crippen LogP contribution in [0.25, 0.3) is 0 Å². The van der Waals surface area contributed by atoms with Gasteiger partial charge < -0.3 is 5.32 Å². The van der Waals surface area contributed by atoms with Crippen LogP contribution < -0.4 is 5.32 Å². The summed E-state index contributed by atoms with van der Waals surface area (Å²) in [5.74, 6) is 0. The molecule has 112 valence electrons. The molecule has 2 heterocycles. The van der Waals surface area contributed by atoms with E-state index < -0.39 is 0 Å². The van der Waals surface area contributed by atoms with Gasteiger partial charge in [0.2, 0.25) is 0 Å². The van der Waals surface area contributed by atoms with Gasteiger partial charge in [0.1, 0.15) is 0 Å². The van der Waals surface area contributed by atoms with Crippen LogP contribution in [0.1, 0.15) is 43.9 Å². The Balaban J connectivity index is 1.86. The molecule has 1 aromatic rings. The van der Waals surface area contributed by atoms with E-state index in [1.807, 2.05) is 11.3 Å². The number of hydrogen-bond donors (Lipinski definition) is 1. The largest absolute Gasteiger partial charge is 0.312 e. The van der Waals surface area contributed by atoms with E-state index in [0.29, 0.717) is 5.41 Å². The second kappa shape index (κ2) is 6.88. The van der Waals surface area contributed by atoms with E-state index in [1.165, 1.54) is 22.7 Å². The van der Waals surface area contributed by atoms with Gasteiger partial charge in [0.15, 0.2) is 0 Å². The minimum Gasteiger partial charge on any atom is -0.312 e. The fourth-order valence-corrected chi connectivity index (χ4v) is 3.64. The van der Waals surface area contributed by atoms with E-state index in [2.05, 4.69) is 56.1 Å². The van der Waals surface area contributed by atoms with Crippen molar-refractivity contribution in [3.05, 3.63) is 33.5 Å². The Bertz CT molecular complexity index is 454. The molecule has 1 aliphatic heterocycles. The van der Waals surface area contributed by atoms with Crippen LogP contribution in [0.5, 0.6) is 0 Å². The van der Waals surface area contributed by atoms with Crippen LogP contribution in [0.15, 0.2) is 23.8 Å². The number of nitrogens with zero attached hydrogens (tertiary/aromatic N) is 1. The fourth-order valence-electron chi connectivity index (χ4n) is 2.61. The normalized spacial score (nSPS) is 17.3. The molecule has 20 heavy (non-hydrogen) atoms. The zero-order chi connectivity index (χ0) is 14.6. The zero-order valence-corrected chi connectivity index (χ0v) is 14.1. The first-order chi connectivity index (χ1) is 9.49. The predicted octanol–water partition coefficient (Wildman–Crippen LogP) is 4.04. The van der Waals surface area contributed by atoms with Crippen LogP contribution in [0.4, 0.5) is 0 Å². The van der Waals surface area contributed by atoms with Crippen LogP contribution in [0.2, 0.25) is 0 Å². The molecule has 1 aliphatic rings. The first kappa shape index (κ1) is 15.7. The average Bonchev–Trinajstić information content (AvgIpc) is 2.83. The monoisotopic (exact) mass is 292 g/mol. The maximum absolute atomic E-state index is 3.39. The van der Waals surface area contributed by atoms with E-state index in [9.17, 15) is 0 Å². The smallest absolute Gasteiger partial charge is 0.0331 e. The summed E-state index contributed by atoms with van der Waals surface area (Å²) in [6, 6.07) is 4.56. The standard InChI is InChI=1S/C17H28N2S/c1-5-18-12-15-6-7-16(20-15)13-19-10-8-14(9-11-19)17(2,3)4/h6-8,18H,5,9-13H2,1-4H3. The van der Waals surface area contributed by atoms with Gasteiger partial charge in [-0.25, -0.2) is 0 Å². The molecule has 0 aliphatic carbocycles. The van der Waals surface area contributed by atoms with Gasteiger partial charge in [-0.1, -0.05) is 39.3 Å². The topological polar surface area (TPSA) is 15.3 Å². The van der Waals surface area contributed by atoms with Gasteiger partial charge in [-0.3, -0.25) is 4.90 Å². The Morgan fingerprint density at radius 2 is 2.00 bits per heavy atom. The van der Waals surface area contributed by atoms with Crippen LogP contribution in [0, 0.1) is 5.41 Å². The summed E-state index contributed by atoms with van der Waals surface area (Å²) in [5.41, 5.74) is 1.96. The third-order valence-electron chi connectivity index (χ3n) is 3.90. The highest BCUT2D eigenvalue weighted by Gasteiger charge is 2.21. The summed E-state index contributed by atoms with van der Waals surface area (Å²) in [7, 11) is 0. The molecule has 1 N–H and O–H groups in total. The highest BCUT2D eigenvalue weighted by Crippen LogP contribution is 2.30. The Hall–Kier alpha value is -0.640. The van der Waals surface area contributed by atoms with Crippen LogP contribution in [0.3, 0.4) is 0 Å². The molecule has 0 aromatic carbocycles. The van der Waals surface area contributed by atoms with Crippen LogP contribution in [-0.4, -0.2) is 24.5 Å². The van der Waals surface area contributed by atoms with Crippen molar-refractivity contribution in [1.29, 1.82) is 0 Å². The van der Waals surface area contributed by atoms with Crippen molar-refractivity contribution in [3.63, 3.8) is 0 Å². The second-order valence-corrected chi connectivity index (χ2v) is 7.87. The lowest BCUT2D eigenvalue weighted by molar-refractivity contribution is 0.273. The third kappa shape index (κ3) is 4.44. The van der Waals surface area contributed by atoms with Gasteiger partial charge in [-0.15, -0.1) is 11.3 Å². The summed E-state index contributed by atoms with van der Waals surface area (Å²) in [6.45, 7) is 14.6. The van der Waals surface area contributed by atoms with Gasteiger partial charge in [-0.05, 0) is 30.5 Å². The lowest BCUT2D eigenvalue weighted by Gasteiger charge is -2.31. The first-order valence-electron chi connectivity index (χ1n) is 7.69. The molecule has 0 amide bonds. The van der Waals surface area contributed by atoms with Gasteiger partial charge >= 0.3 is 0 Å². The number of nitrogens with one attached hydrogen (secondary N) is 1. The molecule has 0 radical (unpaired) electrons. The van der Waals surface area contributed by atoms with Crippen molar-refractivity contribution < 1.29 is 0 Å². The molecule has 0 bridgehead atoms. The minimum absolute atomic E-state index is 0.341. The van der Waals surface area contributed by atoms with E-state index in [1.54, 1.807) is 5.57 Å². The Morgan fingerprint density at radius 3 is 2.60 bits per heavy atom. The van der Waals surface area contributed by atoms with E-state index in [0.717, 1.165) is 26.2 Å². The number of thiophene rings is 1. The average molecular weight is 292 g/mol. The summed E-state index contributed by atoms with van der Waals surface area (Å²) in [5, 5.41) is 3.39. The molecule has 0 spiro atoms. The van der Waals surface area contributed by atoms with E-state index in [-0.39, 0.29) is 0 Å². The molecule has 0 saturated heterocycles. The second-order valence-electron chi connectivity index (χ2n) is 6.61. The first-order valence-corrected chi connectivity index (χ1v) is 8.51.